The predicted octanol–water partition coefficient (Wildman–Crippen LogP) is 4.72. The fraction of sp³-hybridized carbons (Fsp3) is 0.294. The van der Waals surface area contributed by atoms with Crippen molar-refractivity contribution in [2.24, 2.45) is 0 Å². The maximum atomic E-state index is 4.80. The van der Waals surface area contributed by atoms with Crippen LogP contribution < -0.4 is 5.32 Å². The van der Waals surface area contributed by atoms with Gasteiger partial charge in [0.05, 0.1) is 10.4 Å². The van der Waals surface area contributed by atoms with Crippen LogP contribution in [0.15, 0.2) is 24.3 Å². The van der Waals surface area contributed by atoms with Crippen LogP contribution in [0.25, 0.3) is 21.6 Å². The molecule has 0 fully saturated rings. The van der Waals surface area contributed by atoms with Gasteiger partial charge in [0.25, 0.3) is 0 Å². The van der Waals surface area contributed by atoms with Crippen LogP contribution in [-0.4, -0.2) is 16.5 Å². The number of aryl methyl sites for hydroxylation is 3. The van der Waals surface area contributed by atoms with Gasteiger partial charge in [-0.2, -0.15) is 0 Å². The molecule has 108 valence electrons. The maximum Gasteiger partial charge on any atom is 0.172 e. The van der Waals surface area contributed by atoms with Gasteiger partial charge in [-0.3, -0.25) is 0 Å². The maximum absolute atomic E-state index is 4.80. The second-order valence-corrected chi connectivity index (χ2v) is 6.50. The Bertz CT molecular complexity index is 786. The van der Waals surface area contributed by atoms with Crippen molar-refractivity contribution in [1.29, 1.82) is 0 Å². The highest BCUT2D eigenvalue weighted by Crippen LogP contribution is 2.32. The Balaban J connectivity index is 2.26. The summed E-state index contributed by atoms with van der Waals surface area (Å²) in [5.74, 6) is 1.74. The van der Waals surface area contributed by atoms with E-state index in [1.165, 1.54) is 16.0 Å². The smallest absolute Gasteiger partial charge is 0.172 e. The first kappa shape index (κ1) is 14.0. The Hall–Kier alpha value is -1.94. The van der Waals surface area contributed by atoms with E-state index in [4.69, 9.17) is 9.97 Å². The van der Waals surface area contributed by atoms with Crippen molar-refractivity contribution in [3.05, 3.63) is 40.3 Å². The molecular formula is C17H19N3S. The molecule has 2 aromatic heterocycles. The lowest BCUT2D eigenvalue weighted by molar-refractivity contribution is 1.15. The molecule has 4 heteroatoms. The van der Waals surface area contributed by atoms with E-state index in [-0.39, 0.29) is 0 Å². The highest BCUT2D eigenvalue weighted by Gasteiger charge is 2.12. The Morgan fingerprint density at radius 2 is 1.90 bits per heavy atom. The minimum atomic E-state index is 0.814. The zero-order valence-electron chi connectivity index (χ0n) is 12.8. The normalized spacial score (nSPS) is 11.0. The molecule has 0 saturated heterocycles. The molecule has 0 unspecified atom stereocenters. The van der Waals surface area contributed by atoms with E-state index in [1.807, 2.05) is 0 Å². The SMILES string of the molecule is CCNc1nc(-c2cc(C)c(C)s2)nc2c(C)cccc12. The molecular weight excluding hydrogens is 278 g/mol. The van der Waals surface area contributed by atoms with Gasteiger partial charge >= 0.3 is 0 Å². The third kappa shape index (κ3) is 2.51. The van der Waals surface area contributed by atoms with Crippen molar-refractivity contribution in [2.45, 2.75) is 27.7 Å². The molecule has 3 nitrogen and oxygen atoms in total. The van der Waals surface area contributed by atoms with Crippen molar-refractivity contribution in [3.63, 3.8) is 0 Å². The number of thiophene rings is 1. The summed E-state index contributed by atoms with van der Waals surface area (Å²) in [5.41, 5.74) is 3.51. The molecule has 0 bridgehead atoms. The van der Waals surface area contributed by atoms with Crippen molar-refractivity contribution >= 4 is 28.1 Å². The number of nitrogens with zero attached hydrogens (tertiary/aromatic N) is 2. The zero-order chi connectivity index (χ0) is 15.0. The quantitative estimate of drug-likeness (QED) is 0.760. The van der Waals surface area contributed by atoms with Gasteiger partial charge in [-0.15, -0.1) is 11.3 Å². The van der Waals surface area contributed by atoms with Crippen LogP contribution in [0.3, 0.4) is 0 Å². The van der Waals surface area contributed by atoms with Gasteiger partial charge in [0.2, 0.25) is 0 Å². The van der Waals surface area contributed by atoms with E-state index >= 15 is 0 Å². The number of aromatic nitrogens is 2. The van der Waals surface area contributed by atoms with Crippen molar-refractivity contribution < 1.29 is 0 Å². The van der Waals surface area contributed by atoms with Crippen molar-refractivity contribution in [2.75, 3.05) is 11.9 Å². The summed E-state index contributed by atoms with van der Waals surface area (Å²) >= 11 is 1.76. The van der Waals surface area contributed by atoms with Gasteiger partial charge in [0, 0.05) is 16.8 Å². The van der Waals surface area contributed by atoms with Crippen LogP contribution >= 0.6 is 11.3 Å². The zero-order valence-corrected chi connectivity index (χ0v) is 13.6. The monoisotopic (exact) mass is 297 g/mol. The Kier molecular flexibility index (Phi) is 3.64. The Labute approximate surface area is 129 Å². The van der Waals surface area contributed by atoms with E-state index in [2.05, 4.69) is 57.3 Å². The lowest BCUT2D eigenvalue weighted by atomic mass is 10.1. The molecule has 1 N–H and O–H groups in total. The van der Waals surface area contributed by atoms with Crippen LogP contribution in [0.2, 0.25) is 0 Å². The molecule has 0 radical (unpaired) electrons. The van der Waals surface area contributed by atoms with E-state index < -0.39 is 0 Å². The predicted molar refractivity (Wildman–Crippen MR) is 91.2 cm³/mol. The number of anilines is 1. The number of para-hydroxylation sites is 1. The van der Waals surface area contributed by atoms with E-state index in [0.717, 1.165) is 34.0 Å². The molecule has 3 aromatic rings. The molecule has 0 atom stereocenters. The van der Waals surface area contributed by atoms with Crippen LogP contribution in [0.5, 0.6) is 0 Å². The summed E-state index contributed by atoms with van der Waals surface area (Å²) in [6.07, 6.45) is 0. The number of rotatable bonds is 3. The molecule has 0 saturated carbocycles. The van der Waals surface area contributed by atoms with Crippen LogP contribution in [-0.2, 0) is 0 Å². The minimum Gasteiger partial charge on any atom is -0.370 e. The number of benzene rings is 1. The van der Waals surface area contributed by atoms with E-state index in [1.54, 1.807) is 11.3 Å². The van der Waals surface area contributed by atoms with E-state index in [0.29, 0.717) is 0 Å². The van der Waals surface area contributed by atoms with Crippen LogP contribution in [0.4, 0.5) is 5.82 Å². The molecule has 1 aromatic carbocycles. The number of fused-ring (bicyclic) bond motifs is 1. The average Bonchev–Trinajstić information content (AvgIpc) is 2.80. The molecule has 0 amide bonds. The molecule has 0 spiro atoms. The molecule has 0 aliphatic rings. The fourth-order valence-electron chi connectivity index (χ4n) is 2.39. The molecule has 0 aliphatic carbocycles. The first-order chi connectivity index (χ1) is 10.1. The highest BCUT2D eigenvalue weighted by molar-refractivity contribution is 7.15. The first-order valence-electron chi connectivity index (χ1n) is 7.18. The highest BCUT2D eigenvalue weighted by atomic mass is 32.1. The summed E-state index contributed by atoms with van der Waals surface area (Å²) in [6, 6.07) is 8.41. The minimum absolute atomic E-state index is 0.814. The average molecular weight is 297 g/mol. The second kappa shape index (κ2) is 5.45. The largest absolute Gasteiger partial charge is 0.370 e. The standard InChI is InChI=1S/C17H19N3S/c1-5-18-16-13-8-6-7-10(2)15(13)19-17(20-16)14-9-11(3)12(4)21-14/h6-9H,5H2,1-4H3,(H,18,19,20). The van der Waals surface area contributed by atoms with Crippen LogP contribution in [0, 0.1) is 20.8 Å². The van der Waals surface area contributed by atoms with Crippen molar-refractivity contribution in [3.8, 4) is 10.7 Å². The molecule has 2 heterocycles. The Morgan fingerprint density at radius 1 is 1.10 bits per heavy atom. The Morgan fingerprint density at radius 3 is 2.57 bits per heavy atom. The first-order valence-corrected chi connectivity index (χ1v) is 8.00. The van der Waals surface area contributed by atoms with Gasteiger partial charge in [-0.25, -0.2) is 9.97 Å². The van der Waals surface area contributed by atoms with Gasteiger partial charge in [0.15, 0.2) is 5.82 Å². The molecule has 0 aliphatic heterocycles. The summed E-state index contributed by atoms with van der Waals surface area (Å²) in [6.45, 7) is 9.30. The van der Waals surface area contributed by atoms with Gasteiger partial charge in [-0.05, 0) is 51.0 Å². The topological polar surface area (TPSA) is 37.8 Å². The lowest BCUT2D eigenvalue weighted by Gasteiger charge is -2.10. The van der Waals surface area contributed by atoms with Crippen molar-refractivity contribution in [1.82, 2.24) is 9.97 Å². The third-order valence-electron chi connectivity index (χ3n) is 3.66. The van der Waals surface area contributed by atoms with E-state index in [9.17, 15) is 0 Å². The number of hydrogen-bond acceptors (Lipinski definition) is 4. The van der Waals surface area contributed by atoms with Crippen LogP contribution in [0.1, 0.15) is 22.9 Å². The second-order valence-electron chi connectivity index (χ2n) is 5.25. The lowest BCUT2D eigenvalue weighted by Crippen LogP contribution is -2.03. The number of hydrogen-bond donors (Lipinski definition) is 1. The molecule has 3 rings (SSSR count). The van der Waals surface area contributed by atoms with Gasteiger partial charge in [-0.1, -0.05) is 12.1 Å². The third-order valence-corrected chi connectivity index (χ3v) is 4.81. The summed E-state index contributed by atoms with van der Waals surface area (Å²) < 4.78 is 0. The molecule has 21 heavy (non-hydrogen) atoms. The number of nitrogens with one attached hydrogen (secondary N) is 1. The summed E-state index contributed by atoms with van der Waals surface area (Å²) in [4.78, 5) is 12.0. The fourth-order valence-corrected chi connectivity index (χ4v) is 3.36. The summed E-state index contributed by atoms with van der Waals surface area (Å²) in [5, 5.41) is 4.45. The van der Waals surface area contributed by atoms with Gasteiger partial charge in [0.1, 0.15) is 5.82 Å². The summed E-state index contributed by atoms with van der Waals surface area (Å²) in [7, 11) is 0. The van der Waals surface area contributed by atoms with Gasteiger partial charge < -0.3 is 5.32 Å².